The van der Waals surface area contributed by atoms with Gasteiger partial charge in [0.2, 0.25) is 0 Å². The number of hydrogen-bond donors (Lipinski definition) is 3. The lowest BCUT2D eigenvalue weighted by molar-refractivity contribution is -0.142. The summed E-state index contributed by atoms with van der Waals surface area (Å²) < 4.78 is 4.83. The molecule has 0 atom stereocenters. The fourth-order valence-electron chi connectivity index (χ4n) is 1.47. The van der Waals surface area contributed by atoms with Crippen LogP contribution in [-0.2, 0) is 20.7 Å². The van der Waals surface area contributed by atoms with E-state index in [1.54, 1.807) is 31.2 Å². The van der Waals surface area contributed by atoms with E-state index in [0.29, 0.717) is 17.9 Å². The van der Waals surface area contributed by atoms with Crippen LogP contribution in [0.4, 0.5) is 10.5 Å². The topological polar surface area (TPSA) is 105 Å². The molecule has 0 fully saturated rings. The summed E-state index contributed by atoms with van der Waals surface area (Å²) in [5, 5.41) is 13.1. The van der Waals surface area contributed by atoms with Crippen LogP contribution in [0.1, 0.15) is 12.5 Å². The van der Waals surface area contributed by atoms with Crippen molar-refractivity contribution >= 4 is 23.7 Å². The molecule has 0 saturated heterocycles. The molecule has 0 aliphatic carbocycles. The summed E-state index contributed by atoms with van der Waals surface area (Å²) in [6.07, 6.45) is 0.111. The lowest BCUT2D eigenvalue weighted by Crippen LogP contribution is -2.33. The van der Waals surface area contributed by atoms with Crippen LogP contribution in [0.15, 0.2) is 24.3 Å². The minimum atomic E-state index is -1.13. The molecule has 0 aliphatic rings. The molecule has 0 heterocycles. The number of carbonyl (C=O) groups excluding carboxylic acids is 2. The molecule has 0 aliphatic heterocycles. The SMILES string of the molecule is CCOC(=O)Cc1cccc(NC(=O)NCC(=O)O)c1. The van der Waals surface area contributed by atoms with Gasteiger partial charge in [0.25, 0.3) is 0 Å². The van der Waals surface area contributed by atoms with Gasteiger partial charge in [0.05, 0.1) is 13.0 Å². The van der Waals surface area contributed by atoms with E-state index in [2.05, 4.69) is 10.6 Å². The molecule has 0 bridgehead atoms. The Balaban J connectivity index is 2.57. The van der Waals surface area contributed by atoms with Crippen molar-refractivity contribution in [3.8, 4) is 0 Å². The zero-order valence-corrected chi connectivity index (χ0v) is 11.0. The van der Waals surface area contributed by atoms with Crippen LogP contribution in [0.2, 0.25) is 0 Å². The van der Waals surface area contributed by atoms with E-state index >= 15 is 0 Å². The van der Waals surface area contributed by atoms with E-state index in [4.69, 9.17) is 9.84 Å². The monoisotopic (exact) mass is 280 g/mol. The molecule has 0 radical (unpaired) electrons. The summed E-state index contributed by atoms with van der Waals surface area (Å²) in [5.74, 6) is -1.48. The van der Waals surface area contributed by atoms with Crippen molar-refractivity contribution in [1.29, 1.82) is 0 Å². The molecular weight excluding hydrogens is 264 g/mol. The van der Waals surface area contributed by atoms with Crippen molar-refractivity contribution in [2.45, 2.75) is 13.3 Å². The zero-order valence-electron chi connectivity index (χ0n) is 11.0. The van der Waals surface area contributed by atoms with Gasteiger partial charge in [0.15, 0.2) is 0 Å². The molecule has 1 rings (SSSR count). The average Bonchev–Trinajstić information content (AvgIpc) is 2.37. The van der Waals surface area contributed by atoms with Gasteiger partial charge in [-0.3, -0.25) is 9.59 Å². The number of rotatable bonds is 6. The van der Waals surface area contributed by atoms with Gasteiger partial charge >= 0.3 is 18.0 Å². The van der Waals surface area contributed by atoms with Crippen molar-refractivity contribution in [1.82, 2.24) is 5.32 Å². The van der Waals surface area contributed by atoms with E-state index in [1.807, 2.05) is 0 Å². The Bertz CT molecular complexity index is 501. The maximum absolute atomic E-state index is 11.4. The van der Waals surface area contributed by atoms with Crippen molar-refractivity contribution in [2.75, 3.05) is 18.5 Å². The number of benzene rings is 1. The number of urea groups is 1. The molecule has 7 heteroatoms. The molecule has 0 saturated carbocycles. The van der Waals surface area contributed by atoms with Crippen LogP contribution in [-0.4, -0.2) is 36.2 Å². The molecular formula is C13H16N2O5. The first-order valence-corrected chi connectivity index (χ1v) is 6.02. The van der Waals surface area contributed by atoms with Crippen LogP contribution in [0.5, 0.6) is 0 Å². The van der Waals surface area contributed by atoms with Gasteiger partial charge in [-0.2, -0.15) is 0 Å². The van der Waals surface area contributed by atoms with Crippen LogP contribution in [0, 0.1) is 0 Å². The Morgan fingerprint density at radius 1 is 1.30 bits per heavy atom. The number of ether oxygens (including phenoxy) is 1. The van der Waals surface area contributed by atoms with Crippen LogP contribution < -0.4 is 10.6 Å². The second-order valence-electron chi connectivity index (χ2n) is 3.88. The smallest absolute Gasteiger partial charge is 0.323 e. The number of amides is 2. The van der Waals surface area contributed by atoms with Gasteiger partial charge in [0, 0.05) is 5.69 Å². The minimum absolute atomic E-state index is 0.111. The summed E-state index contributed by atoms with van der Waals surface area (Å²) in [4.78, 5) is 33.0. The zero-order chi connectivity index (χ0) is 15.0. The number of nitrogens with one attached hydrogen (secondary N) is 2. The highest BCUT2D eigenvalue weighted by Crippen LogP contribution is 2.11. The van der Waals surface area contributed by atoms with Crippen LogP contribution in [0.25, 0.3) is 0 Å². The molecule has 2 amide bonds. The highest BCUT2D eigenvalue weighted by atomic mass is 16.5. The molecule has 20 heavy (non-hydrogen) atoms. The van der Waals surface area contributed by atoms with Crippen molar-refractivity contribution in [3.05, 3.63) is 29.8 Å². The Hall–Kier alpha value is -2.57. The standard InChI is InChI=1S/C13H16N2O5/c1-2-20-12(18)7-9-4-3-5-10(6-9)15-13(19)14-8-11(16)17/h3-6H,2,7-8H2,1H3,(H,16,17)(H2,14,15,19). The average molecular weight is 280 g/mol. The first-order chi connectivity index (χ1) is 9.51. The summed E-state index contributed by atoms with van der Waals surface area (Å²) >= 11 is 0. The van der Waals surface area contributed by atoms with Gasteiger partial charge in [-0.15, -0.1) is 0 Å². The number of carboxylic acids is 1. The van der Waals surface area contributed by atoms with Gasteiger partial charge in [-0.1, -0.05) is 12.1 Å². The Kier molecular flexibility index (Phi) is 6.02. The lowest BCUT2D eigenvalue weighted by atomic mass is 10.1. The highest BCUT2D eigenvalue weighted by Gasteiger charge is 2.07. The lowest BCUT2D eigenvalue weighted by Gasteiger charge is -2.07. The Morgan fingerprint density at radius 3 is 2.70 bits per heavy atom. The van der Waals surface area contributed by atoms with E-state index in [9.17, 15) is 14.4 Å². The van der Waals surface area contributed by atoms with Gasteiger partial charge in [-0.25, -0.2) is 4.79 Å². The van der Waals surface area contributed by atoms with E-state index in [0.717, 1.165) is 0 Å². The number of anilines is 1. The van der Waals surface area contributed by atoms with Gasteiger partial charge in [0.1, 0.15) is 6.54 Å². The predicted octanol–water partition coefficient (Wildman–Crippen LogP) is 0.998. The largest absolute Gasteiger partial charge is 0.480 e. The first kappa shape index (κ1) is 15.5. The van der Waals surface area contributed by atoms with Crippen LogP contribution >= 0.6 is 0 Å². The third-order valence-electron chi connectivity index (χ3n) is 2.24. The van der Waals surface area contributed by atoms with Crippen molar-refractivity contribution in [3.63, 3.8) is 0 Å². The number of esters is 1. The van der Waals surface area contributed by atoms with Crippen molar-refractivity contribution in [2.24, 2.45) is 0 Å². The van der Waals surface area contributed by atoms with E-state index in [1.165, 1.54) is 0 Å². The minimum Gasteiger partial charge on any atom is -0.480 e. The van der Waals surface area contributed by atoms with Crippen molar-refractivity contribution < 1.29 is 24.2 Å². The summed E-state index contributed by atoms with van der Waals surface area (Å²) in [6, 6.07) is 6.05. The first-order valence-electron chi connectivity index (χ1n) is 6.02. The molecule has 7 nitrogen and oxygen atoms in total. The number of carboxylic acid groups (broad SMARTS) is 1. The quantitative estimate of drug-likeness (QED) is 0.674. The maximum Gasteiger partial charge on any atom is 0.323 e. The number of hydrogen-bond acceptors (Lipinski definition) is 4. The predicted molar refractivity (Wildman–Crippen MR) is 71.4 cm³/mol. The molecule has 3 N–H and O–H groups in total. The second-order valence-corrected chi connectivity index (χ2v) is 3.88. The molecule has 0 aromatic heterocycles. The fraction of sp³-hybridized carbons (Fsp3) is 0.308. The number of carbonyl (C=O) groups is 3. The molecule has 108 valence electrons. The Morgan fingerprint density at radius 2 is 2.05 bits per heavy atom. The third-order valence-corrected chi connectivity index (χ3v) is 2.24. The van der Waals surface area contributed by atoms with E-state index in [-0.39, 0.29) is 12.4 Å². The summed E-state index contributed by atoms with van der Waals surface area (Å²) in [7, 11) is 0. The van der Waals surface area contributed by atoms with Gasteiger partial charge < -0.3 is 20.5 Å². The highest BCUT2D eigenvalue weighted by molar-refractivity contribution is 5.91. The third kappa shape index (κ3) is 5.85. The van der Waals surface area contributed by atoms with E-state index < -0.39 is 18.5 Å². The summed E-state index contributed by atoms with van der Waals surface area (Å²) in [5.41, 5.74) is 1.16. The second kappa shape index (κ2) is 7.78. The molecule has 1 aromatic carbocycles. The molecule has 1 aromatic rings. The fourth-order valence-corrected chi connectivity index (χ4v) is 1.47. The normalized spacial score (nSPS) is 9.65. The molecule has 0 unspecified atom stereocenters. The van der Waals surface area contributed by atoms with Gasteiger partial charge in [-0.05, 0) is 24.6 Å². The molecule has 0 spiro atoms. The summed E-state index contributed by atoms with van der Waals surface area (Å²) in [6.45, 7) is 1.57. The maximum atomic E-state index is 11.4. The number of aliphatic carboxylic acids is 1. The van der Waals surface area contributed by atoms with Crippen LogP contribution in [0.3, 0.4) is 0 Å². The Labute approximate surface area is 115 Å².